The summed E-state index contributed by atoms with van der Waals surface area (Å²) >= 11 is 10.9. The van der Waals surface area contributed by atoms with Crippen LogP contribution in [0.2, 0.25) is 5.02 Å². The van der Waals surface area contributed by atoms with Crippen molar-refractivity contribution in [2.45, 2.75) is 9.79 Å². The van der Waals surface area contributed by atoms with Crippen molar-refractivity contribution in [2.24, 2.45) is 0 Å². The molecule has 2 aromatic carbocycles. The summed E-state index contributed by atoms with van der Waals surface area (Å²) in [5.41, 5.74) is 0.544. The summed E-state index contributed by atoms with van der Waals surface area (Å²) in [4.78, 5) is 12.9. The minimum absolute atomic E-state index is 0.488. The Bertz CT molecular complexity index is 540. The van der Waals surface area contributed by atoms with Crippen LogP contribution in [0.4, 0.5) is 0 Å². The van der Waals surface area contributed by atoms with Gasteiger partial charge in [-0.25, -0.2) is 0 Å². The summed E-state index contributed by atoms with van der Waals surface area (Å²) < 4.78 is 1.03. The lowest BCUT2D eigenvalue weighted by Gasteiger charge is -2.06. The highest BCUT2D eigenvalue weighted by Crippen LogP contribution is 2.33. The third-order valence-electron chi connectivity index (χ3n) is 2.17. The van der Waals surface area contributed by atoms with Gasteiger partial charge in [0.15, 0.2) is 6.29 Å². The smallest absolute Gasteiger partial charge is 0.152 e. The van der Waals surface area contributed by atoms with E-state index in [1.54, 1.807) is 6.07 Å². The van der Waals surface area contributed by atoms with E-state index in [1.165, 1.54) is 11.8 Å². The molecule has 0 fully saturated rings. The van der Waals surface area contributed by atoms with Gasteiger partial charge in [-0.1, -0.05) is 45.4 Å². The molecule has 0 spiro atoms. The van der Waals surface area contributed by atoms with Crippen molar-refractivity contribution in [3.8, 4) is 0 Å². The Kier molecular flexibility index (Phi) is 4.26. The molecule has 0 aromatic heterocycles. The van der Waals surface area contributed by atoms with Crippen LogP contribution in [0.5, 0.6) is 0 Å². The Hall–Kier alpha value is -0.770. The van der Waals surface area contributed by atoms with Crippen molar-refractivity contribution in [1.82, 2.24) is 0 Å². The number of hydrogen-bond donors (Lipinski definition) is 0. The minimum atomic E-state index is 0.488. The van der Waals surface area contributed by atoms with Crippen LogP contribution in [0.1, 0.15) is 10.4 Å². The van der Waals surface area contributed by atoms with Gasteiger partial charge in [0.2, 0.25) is 0 Å². The van der Waals surface area contributed by atoms with Gasteiger partial charge in [0.25, 0.3) is 0 Å². The predicted molar refractivity (Wildman–Crippen MR) is 75.1 cm³/mol. The van der Waals surface area contributed by atoms with Crippen LogP contribution in [0.25, 0.3) is 0 Å². The first-order valence-electron chi connectivity index (χ1n) is 4.88. The SMILES string of the molecule is O=Cc1c(Cl)cccc1Sc1ccc(Br)cc1. The van der Waals surface area contributed by atoms with Gasteiger partial charge in [-0.3, -0.25) is 4.79 Å². The highest BCUT2D eigenvalue weighted by molar-refractivity contribution is 9.10. The van der Waals surface area contributed by atoms with Crippen LogP contribution >= 0.6 is 39.3 Å². The number of carbonyl (C=O) groups excluding carboxylic acids is 1. The second-order valence-corrected chi connectivity index (χ2v) is 5.76. The number of halogens is 2. The molecule has 0 amide bonds. The van der Waals surface area contributed by atoms with E-state index < -0.39 is 0 Å². The zero-order valence-corrected chi connectivity index (χ0v) is 11.8. The Morgan fingerprint density at radius 3 is 2.47 bits per heavy atom. The monoisotopic (exact) mass is 326 g/mol. The molecule has 0 N–H and O–H groups in total. The fraction of sp³-hybridized carbons (Fsp3) is 0. The predicted octanol–water partition coefficient (Wildman–Crippen LogP) is 5.07. The molecule has 4 heteroatoms. The van der Waals surface area contributed by atoms with Gasteiger partial charge in [0.05, 0.1) is 5.02 Å². The summed E-state index contributed by atoms with van der Waals surface area (Å²) in [6, 6.07) is 13.4. The van der Waals surface area contributed by atoms with E-state index >= 15 is 0 Å². The van der Waals surface area contributed by atoms with Gasteiger partial charge in [-0.15, -0.1) is 0 Å². The molecule has 17 heavy (non-hydrogen) atoms. The van der Waals surface area contributed by atoms with Crippen LogP contribution in [0.15, 0.2) is 56.7 Å². The summed E-state index contributed by atoms with van der Waals surface area (Å²) in [7, 11) is 0. The largest absolute Gasteiger partial charge is 0.298 e. The van der Waals surface area contributed by atoms with E-state index in [0.717, 1.165) is 20.5 Å². The van der Waals surface area contributed by atoms with Crippen molar-refractivity contribution in [3.05, 3.63) is 57.5 Å². The first-order chi connectivity index (χ1) is 8.20. The van der Waals surface area contributed by atoms with E-state index in [-0.39, 0.29) is 0 Å². The molecule has 0 heterocycles. The molecule has 0 aliphatic carbocycles. The normalized spacial score (nSPS) is 10.2. The third kappa shape index (κ3) is 3.12. The van der Waals surface area contributed by atoms with E-state index in [4.69, 9.17) is 11.6 Å². The molecule has 0 aliphatic heterocycles. The van der Waals surface area contributed by atoms with Gasteiger partial charge in [0, 0.05) is 19.8 Å². The summed E-state index contributed by atoms with van der Waals surface area (Å²) in [5.74, 6) is 0. The maximum atomic E-state index is 11.0. The standard InChI is InChI=1S/C13H8BrClOS/c14-9-4-6-10(7-5-9)17-13-3-1-2-12(15)11(13)8-16/h1-8H. The second-order valence-electron chi connectivity index (χ2n) is 3.33. The topological polar surface area (TPSA) is 17.1 Å². The fourth-order valence-corrected chi connectivity index (χ4v) is 2.83. The van der Waals surface area contributed by atoms with Gasteiger partial charge < -0.3 is 0 Å². The highest BCUT2D eigenvalue weighted by atomic mass is 79.9. The second kappa shape index (κ2) is 5.71. The van der Waals surface area contributed by atoms with Crippen molar-refractivity contribution in [2.75, 3.05) is 0 Å². The Morgan fingerprint density at radius 2 is 1.82 bits per heavy atom. The number of aldehydes is 1. The lowest BCUT2D eigenvalue weighted by Crippen LogP contribution is -1.86. The molecular weight excluding hydrogens is 320 g/mol. The average Bonchev–Trinajstić information content (AvgIpc) is 2.32. The summed E-state index contributed by atoms with van der Waals surface area (Å²) in [6.45, 7) is 0. The van der Waals surface area contributed by atoms with Crippen molar-refractivity contribution >= 4 is 45.6 Å². The molecule has 1 nitrogen and oxygen atoms in total. The number of rotatable bonds is 3. The van der Waals surface area contributed by atoms with Crippen LogP contribution in [0.3, 0.4) is 0 Å². The van der Waals surface area contributed by atoms with Crippen molar-refractivity contribution in [1.29, 1.82) is 0 Å². The van der Waals surface area contributed by atoms with Crippen LogP contribution < -0.4 is 0 Å². The molecule has 0 unspecified atom stereocenters. The van der Waals surface area contributed by atoms with E-state index in [1.807, 2.05) is 36.4 Å². The van der Waals surface area contributed by atoms with Crippen LogP contribution in [-0.2, 0) is 0 Å². The Morgan fingerprint density at radius 1 is 1.12 bits per heavy atom. The zero-order chi connectivity index (χ0) is 12.3. The first kappa shape index (κ1) is 12.7. The maximum Gasteiger partial charge on any atom is 0.152 e. The molecule has 86 valence electrons. The lowest BCUT2D eigenvalue weighted by molar-refractivity contribution is 0.112. The van der Waals surface area contributed by atoms with E-state index in [9.17, 15) is 4.79 Å². The Labute approximate surface area is 117 Å². The van der Waals surface area contributed by atoms with Gasteiger partial charge in [-0.2, -0.15) is 0 Å². The van der Waals surface area contributed by atoms with Gasteiger partial charge in [0.1, 0.15) is 0 Å². The number of hydrogen-bond acceptors (Lipinski definition) is 2. The highest BCUT2D eigenvalue weighted by Gasteiger charge is 2.07. The molecule has 0 radical (unpaired) electrons. The molecule has 2 aromatic rings. The van der Waals surface area contributed by atoms with Crippen molar-refractivity contribution in [3.63, 3.8) is 0 Å². The molecule has 2 rings (SSSR count). The first-order valence-corrected chi connectivity index (χ1v) is 6.86. The quantitative estimate of drug-likeness (QED) is 0.732. The number of benzene rings is 2. The average molecular weight is 328 g/mol. The third-order valence-corrected chi connectivity index (χ3v) is 4.11. The van der Waals surface area contributed by atoms with E-state index in [2.05, 4.69) is 15.9 Å². The molecule has 0 saturated carbocycles. The summed E-state index contributed by atoms with van der Waals surface area (Å²) in [5, 5.41) is 0.488. The van der Waals surface area contributed by atoms with Gasteiger partial charge >= 0.3 is 0 Å². The fourth-order valence-electron chi connectivity index (χ4n) is 1.35. The molecule has 0 saturated heterocycles. The molecular formula is C13H8BrClOS. The van der Waals surface area contributed by atoms with Crippen molar-refractivity contribution < 1.29 is 4.79 Å². The Balaban J connectivity index is 2.33. The molecule has 0 aliphatic rings. The van der Waals surface area contributed by atoms with Crippen LogP contribution in [-0.4, -0.2) is 6.29 Å². The van der Waals surface area contributed by atoms with E-state index in [0.29, 0.717) is 10.6 Å². The zero-order valence-electron chi connectivity index (χ0n) is 8.69. The van der Waals surface area contributed by atoms with Crippen LogP contribution in [0, 0.1) is 0 Å². The summed E-state index contributed by atoms with van der Waals surface area (Å²) in [6.07, 6.45) is 0.795. The molecule has 0 bridgehead atoms. The number of carbonyl (C=O) groups is 1. The minimum Gasteiger partial charge on any atom is -0.298 e. The van der Waals surface area contributed by atoms with Gasteiger partial charge in [-0.05, 0) is 36.4 Å². The maximum absolute atomic E-state index is 11.0. The lowest BCUT2D eigenvalue weighted by atomic mass is 10.2. The molecule has 0 atom stereocenters.